The molecule has 226 valence electrons. The van der Waals surface area contributed by atoms with Gasteiger partial charge >= 0.3 is 18.1 Å². The van der Waals surface area contributed by atoms with E-state index in [1.807, 2.05) is 47.2 Å². The second-order valence-corrected chi connectivity index (χ2v) is 10.5. The average molecular weight is 617 g/mol. The number of sulfonamides is 1. The molecule has 43 heavy (non-hydrogen) atoms. The highest BCUT2D eigenvalue weighted by atomic mass is 32.2. The topological polar surface area (TPSA) is 167 Å². The number of ether oxygens (including phenoxy) is 1. The third-order valence-electron chi connectivity index (χ3n) is 5.86. The maximum atomic E-state index is 12.7. The van der Waals surface area contributed by atoms with Crippen LogP contribution < -0.4 is 11.0 Å². The number of benzene rings is 3. The van der Waals surface area contributed by atoms with E-state index in [2.05, 4.69) is 5.10 Å². The Balaban J connectivity index is 0.000000646. The predicted octanol–water partition coefficient (Wildman–Crippen LogP) is 4.62. The highest BCUT2D eigenvalue weighted by molar-refractivity contribution is 7.89. The molecule has 5 N–H and O–H groups in total. The minimum absolute atomic E-state index is 0.0537. The van der Waals surface area contributed by atoms with Crippen molar-refractivity contribution in [2.75, 3.05) is 6.61 Å². The molecule has 0 aliphatic rings. The van der Waals surface area contributed by atoms with Crippen molar-refractivity contribution < 1.29 is 41.0 Å². The van der Waals surface area contributed by atoms with Crippen LogP contribution in [0, 0.1) is 0 Å². The first-order valence-electron chi connectivity index (χ1n) is 12.5. The molecule has 4 aromatic rings. The third-order valence-corrected chi connectivity index (χ3v) is 6.83. The van der Waals surface area contributed by atoms with Crippen LogP contribution in [-0.2, 0) is 26.1 Å². The summed E-state index contributed by atoms with van der Waals surface area (Å²) in [6, 6.07) is 21.6. The third kappa shape index (κ3) is 8.77. The van der Waals surface area contributed by atoms with E-state index in [1.165, 1.54) is 6.07 Å². The summed E-state index contributed by atoms with van der Waals surface area (Å²) in [5.74, 6) is 2.09. The molecule has 0 radical (unpaired) electrons. The molecule has 3 aromatic carbocycles. The van der Waals surface area contributed by atoms with Crippen molar-refractivity contribution in [1.29, 1.82) is 0 Å². The van der Waals surface area contributed by atoms with E-state index in [4.69, 9.17) is 25.6 Å². The van der Waals surface area contributed by atoms with Gasteiger partial charge in [-0.1, -0.05) is 60.7 Å². The summed E-state index contributed by atoms with van der Waals surface area (Å²) >= 11 is 0. The molecule has 4 rings (SSSR count). The number of aliphatic carboxylic acids is 1. The zero-order valence-corrected chi connectivity index (χ0v) is 23.5. The van der Waals surface area contributed by atoms with Crippen LogP contribution in [0.15, 0.2) is 95.2 Å². The number of halogens is 3. The molecule has 14 heteroatoms. The van der Waals surface area contributed by atoms with Crippen molar-refractivity contribution in [2.45, 2.75) is 24.5 Å². The van der Waals surface area contributed by atoms with Gasteiger partial charge in [-0.3, -0.25) is 0 Å². The number of hydrogen-bond acceptors (Lipinski definition) is 7. The van der Waals surface area contributed by atoms with E-state index in [1.54, 1.807) is 49.7 Å². The highest BCUT2D eigenvalue weighted by Crippen LogP contribution is 2.31. The van der Waals surface area contributed by atoms with Gasteiger partial charge in [0.1, 0.15) is 0 Å². The van der Waals surface area contributed by atoms with E-state index in [9.17, 15) is 26.4 Å². The first kappa shape index (κ1) is 32.6. The van der Waals surface area contributed by atoms with Gasteiger partial charge in [0.2, 0.25) is 10.0 Å². The van der Waals surface area contributed by atoms with Crippen LogP contribution >= 0.6 is 0 Å². The van der Waals surface area contributed by atoms with Crippen molar-refractivity contribution in [1.82, 2.24) is 4.57 Å². The Morgan fingerprint density at radius 1 is 0.977 bits per heavy atom. The molecule has 0 aliphatic carbocycles. The molecule has 10 nitrogen and oxygen atoms in total. The average Bonchev–Trinajstić information content (AvgIpc) is 3.37. The van der Waals surface area contributed by atoms with E-state index in [-0.39, 0.29) is 11.5 Å². The van der Waals surface area contributed by atoms with Gasteiger partial charge in [-0.05, 0) is 41.3 Å². The van der Waals surface area contributed by atoms with Crippen molar-refractivity contribution in [3.8, 4) is 22.3 Å². The number of nitrogens with zero attached hydrogens (tertiary/aromatic N) is 2. The molecule has 0 unspecified atom stereocenters. The predicted molar refractivity (Wildman–Crippen MR) is 154 cm³/mol. The van der Waals surface area contributed by atoms with Crippen molar-refractivity contribution in [3.63, 3.8) is 0 Å². The summed E-state index contributed by atoms with van der Waals surface area (Å²) in [5.41, 5.74) is 5.03. The van der Waals surface area contributed by atoms with Crippen LogP contribution in [0.4, 0.5) is 13.2 Å². The quantitative estimate of drug-likeness (QED) is 0.112. The summed E-state index contributed by atoms with van der Waals surface area (Å²) in [4.78, 5) is 21.7. The summed E-state index contributed by atoms with van der Waals surface area (Å²) in [7, 11) is -3.88. The lowest BCUT2D eigenvalue weighted by Gasteiger charge is -2.09. The van der Waals surface area contributed by atoms with Crippen LogP contribution in [0.5, 0.6) is 0 Å². The molecular formula is C29H27F3N4O6S. The number of esters is 1. The smallest absolute Gasteiger partial charge is 0.475 e. The van der Waals surface area contributed by atoms with Gasteiger partial charge in [0.05, 0.1) is 23.3 Å². The second-order valence-electron chi connectivity index (χ2n) is 8.92. The summed E-state index contributed by atoms with van der Waals surface area (Å²) < 4.78 is 63.0. The van der Waals surface area contributed by atoms with Gasteiger partial charge < -0.3 is 20.3 Å². The first-order valence-corrected chi connectivity index (χ1v) is 14.0. The number of alkyl halides is 3. The molecule has 0 saturated carbocycles. The fourth-order valence-corrected chi connectivity index (χ4v) is 4.81. The zero-order valence-electron chi connectivity index (χ0n) is 22.7. The number of carboxylic acids is 1. The molecule has 0 bridgehead atoms. The monoisotopic (exact) mass is 616 g/mol. The van der Waals surface area contributed by atoms with Gasteiger partial charge in [-0.15, -0.1) is 0 Å². The molecule has 0 atom stereocenters. The number of nitrogens with two attached hydrogens (primary N) is 2. The molecule has 0 fully saturated rings. The molecular weight excluding hydrogens is 589 g/mol. The molecule has 1 heterocycles. The molecule has 1 aromatic heterocycles. The summed E-state index contributed by atoms with van der Waals surface area (Å²) in [6.45, 7) is 2.54. The maximum absolute atomic E-state index is 12.7. The number of hydrazone groups is 1. The number of carbonyl (C=O) groups is 2. The fraction of sp³-hybridized carbons (Fsp3) is 0.138. The lowest BCUT2D eigenvalue weighted by Crippen LogP contribution is -2.21. The Morgan fingerprint density at radius 3 is 2.14 bits per heavy atom. The van der Waals surface area contributed by atoms with Gasteiger partial charge in [-0.2, -0.15) is 18.3 Å². The van der Waals surface area contributed by atoms with E-state index in [0.29, 0.717) is 28.8 Å². The zero-order chi connectivity index (χ0) is 31.8. The number of rotatable bonds is 8. The van der Waals surface area contributed by atoms with E-state index in [0.717, 1.165) is 16.7 Å². The van der Waals surface area contributed by atoms with Gasteiger partial charge in [0, 0.05) is 30.1 Å². The Kier molecular flexibility index (Phi) is 10.5. The van der Waals surface area contributed by atoms with Gasteiger partial charge in [0.25, 0.3) is 0 Å². The minimum atomic E-state index is -5.08. The minimum Gasteiger partial charge on any atom is -0.475 e. The highest BCUT2D eigenvalue weighted by Gasteiger charge is 2.38. The number of carboxylic acid groups (broad SMARTS) is 1. The standard InChI is InChI=1S/C27H26N4O4S.C2HF3O2/c1-2-35-27(32)25-18-31(16-20-7-5-6-19(14-20)15-30-28)17-24(25)22-12-10-21(11-13-22)23-8-3-4-9-26(23)36(29,33)34;3-2(4,5)1(6)7/h3-15,17-18H,2,16,28H2,1H3,(H2,29,33,34);(H,6,7). The van der Waals surface area contributed by atoms with Crippen molar-refractivity contribution >= 4 is 28.2 Å². The summed E-state index contributed by atoms with van der Waals surface area (Å²) in [6.07, 6.45) is 0.148. The van der Waals surface area contributed by atoms with Crippen LogP contribution in [0.25, 0.3) is 22.3 Å². The Hall–Kier alpha value is -4.95. The van der Waals surface area contributed by atoms with E-state index < -0.39 is 28.1 Å². The lowest BCUT2D eigenvalue weighted by atomic mass is 10.00. The van der Waals surface area contributed by atoms with Crippen LogP contribution in [0.3, 0.4) is 0 Å². The first-order chi connectivity index (χ1) is 20.2. The molecule has 0 spiro atoms. The van der Waals surface area contributed by atoms with Crippen LogP contribution in [0.2, 0.25) is 0 Å². The van der Waals surface area contributed by atoms with E-state index >= 15 is 0 Å². The Bertz CT molecular complexity index is 1730. The summed E-state index contributed by atoms with van der Waals surface area (Å²) in [5, 5.41) is 16.1. The van der Waals surface area contributed by atoms with Gasteiger partial charge in [0.15, 0.2) is 0 Å². The van der Waals surface area contributed by atoms with Crippen LogP contribution in [0.1, 0.15) is 28.4 Å². The van der Waals surface area contributed by atoms with Crippen LogP contribution in [-0.4, -0.2) is 49.0 Å². The normalized spacial score (nSPS) is 11.6. The SMILES string of the molecule is CCOC(=O)c1cn(Cc2cccc(C=NN)c2)cc1-c1ccc(-c2ccccc2S(N)(=O)=O)cc1.O=C(O)C(F)(F)F. The number of primary sulfonamides is 1. The number of carbonyl (C=O) groups excluding carboxylic acids is 1. The fourth-order valence-electron chi connectivity index (χ4n) is 4.05. The van der Waals surface area contributed by atoms with Gasteiger partial charge in [-0.25, -0.2) is 23.1 Å². The lowest BCUT2D eigenvalue weighted by molar-refractivity contribution is -0.192. The molecule has 0 amide bonds. The largest absolute Gasteiger partial charge is 0.490 e. The number of hydrogen-bond donors (Lipinski definition) is 3. The van der Waals surface area contributed by atoms with Crippen molar-refractivity contribution in [3.05, 3.63) is 102 Å². The second kappa shape index (κ2) is 13.8. The Labute approximate surface area is 245 Å². The van der Waals surface area contributed by atoms with Crippen molar-refractivity contribution in [2.24, 2.45) is 16.1 Å². The number of aromatic nitrogens is 1. The molecule has 0 aliphatic heterocycles. The Morgan fingerprint density at radius 2 is 1.58 bits per heavy atom. The maximum Gasteiger partial charge on any atom is 0.490 e. The molecule has 0 saturated heterocycles.